The van der Waals surface area contributed by atoms with Crippen LogP contribution in [0.1, 0.15) is 5.56 Å². The van der Waals surface area contributed by atoms with Crippen molar-refractivity contribution in [1.82, 2.24) is 20.3 Å². The van der Waals surface area contributed by atoms with Crippen LogP contribution in [-0.2, 0) is 10.3 Å². The Bertz CT molecular complexity index is 733. The molecule has 1 aromatic carbocycles. The summed E-state index contributed by atoms with van der Waals surface area (Å²) in [4.78, 5) is 12.1. The molecule has 1 unspecified atom stereocenters. The van der Waals surface area contributed by atoms with Crippen LogP contribution >= 0.6 is 11.6 Å². The summed E-state index contributed by atoms with van der Waals surface area (Å²) >= 11 is 6.29. The van der Waals surface area contributed by atoms with Crippen molar-refractivity contribution in [2.45, 2.75) is 5.54 Å². The van der Waals surface area contributed by atoms with Gasteiger partial charge in [0, 0.05) is 17.1 Å². The van der Waals surface area contributed by atoms with E-state index < -0.39 is 0 Å². The number of hydrogen-bond donors (Lipinski definition) is 2. The smallest absolute Gasteiger partial charge is 0.223 e. The predicted molar refractivity (Wildman–Crippen MR) is 80.7 cm³/mol. The zero-order valence-electron chi connectivity index (χ0n) is 11.7. The number of nitrogens with one attached hydrogen (secondary N) is 1. The summed E-state index contributed by atoms with van der Waals surface area (Å²) in [5.74, 6) is 1.32. The van der Waals surface area contributed by atoms with E-state index in [1.54, 1.807) is 6.07 Å². The summed E-state index contributed by atoms with van der Waals surface area (Å²) in [7, 11) is 0. The number of nitrogens with two attached hydrogens (primary N) is 1. The second kappa shape index (κ2) is 5.05. The van der Waals surface area contributed by atoms with Crippen molar-refractivity contribution < 1.29 is 9.47 Å². The van der Waals surface area contributed by atoms with Crippen LogP contribution in [0.25, 0.3) is 11.4 Å². The molecule has 2 aliphatic rings. The molecule has 114 valence electrons. The number of hydrogen-bond acceptors (Lipinski definition) is 7. The molecule has 4 rings (SSSR count). The molecule has 0 radical (unpaired) electrons. The predicted octanol–water partition coefficient (Wildman–Crippen LogP) is 0.982. The van der Waals surface area contributed by atoms with E-state index in [1.165, 1.54) is 6.33 Å². The lowest BCUT2D eigenvalue weighted by Crippen LogP contribution is -2.52. The number of aromatic nitrogens is 3. The van der Waals surface area contributed by atoms with Crippen LogP contribution in [0, 0.1) is 0 Å². The van der Waals surface area contributed by atoms with Gasteiger partial charge in [-0.25, -0.2) is 9.97 Å². The molecule has 7 nitrogen and oxygen atoms in total. The van der Waals surface area contributed by atoms with Gasteiger partial charge in [-0.1, -0.05) is 11.6 Å². The number of anilines is 1. The lowest BCUT2D eigenvalue weighted by molar-refractivity contribution is 0.0160. The number of benzene rings is 1. The van der Waals surface area contributed by atoms with E-state index in [0.29, 0.717) is 42.0 Å². The highest BCUT2D eigenvalue weighted by molar-refractivity contribution is 6.31. The molecule has 0 saturated carbocycles. The highest BCUT2D eigenvalue weighted by Gasteiger charge is 2.44. The Morgan fingerprint density at radius 3 is 2.95 bits per heavy atom. The topological polar surface area (TPSA) is 95.2 Å². The fourth-order valence-corrected chi connectivity index (χ4v) is 3.13. The van der Waals surface area contributed by atoms with Crippen LogP contribution in [0.3, 0.4) is 0 Å². The number of fused-ring (bicyclic) bond motifs is 2. The van der Waals surface area contributed by atoms with Gasteiger partial charge >= 0.3 is 0 Å². The van der Waals surface area contributed by atoms with Crippen LogP contribution in [0.2, 0.25) is 5.02 Å². The Morgan fingerprint density at radius 2 is 2.18 bits per heavy atom. The number of nitrogens with zero attached hydrogens (tertiary/aromatic N) is 3. The van der Waals surface area contributed by atoms with Crippen LogP contribution in [-0.4, -0.2) is 41.3 Å². The van der Waals surface area contributed by atoms with E-state index >= 15 is 0 Å². The maximum Gasteiger partial charge on any atom is 0.223 e. The Hall–Kier alpha value is -1.96. The van der Waals surface area contributed by atoms with Crippen molar-refractivity contribution in [1.29, 1.82) is 0 Å². The van der Waals surface area contributed by atoms with Gasteiger partial charge in [-0.15, -0.1) is 0 Å². The first kappa shape index (κ1) is 13.7. The van der Waals surface area contributed by atoms with Gasteiger partial charge in [0.1, 0.15) is 24.2 Å². The zero-order valence-corrected chi connectivity index (χ0v) is 12.4. The molecule has 1 fully saturated rings. The first-order chi connectivity index (χ1) is 10.7. The lowest BCUT2D eigenvalue weighted by atomic mass is 9.90. The molecular formula is C14H14ClN5O2. The van der Waals surface area contributed by atoms with Gasteiger partial charge in [0.05, 0.1) is 18.8 Å². The first-order valence-electron chi connectivity index (χ1n) is 6.92. The summed E-state index contributed by atoms with van der Waals surface area (Å²) in [5, 5.41) is 4.07. The molecule has 22 heavy (non-hydrogen) atoms. The Kier molecular flexibility index (Phi) is 3.14. The van der Waals surface area contributed by atoms with Crippen molar-refractivity contribution in [2.24, 2.45) is 0 Å². The minimum Gasteiger partial charge on any atom is -0.490 e. The third-order valence-corrected chi connectivity index (χ3v) is 4.14. The minimum atomic E-state index is -0.369. The molecule has 0 bridgehead atoms. The Labute approximate surface area is 131 Å². The second-order valence-electron chi connectivity index (χ2n) is 5.35. The monoisotopic (exact) mass is 319 g/mol. The molecule has 1 spiro atoms. The second-order valence-corrected chi connectivity index (χ2v) is 5.78. The summed E-state index contributed by atoms with van der Waals surface area (Å²) in [5.41, 5.74) is 6.95. The number of rotatable bonds is 1. The molecule has 2 aromatic rings. The summed E-state index contributed by atoms with van der Waals surface area (Å²) < 4.78 is 11.6. The van der Waals surface area contributed by atoms with Crippen molar-refractivity contribution >= 4 is 17.5 Å². The Morgan fingerprint density at radius 1 is 1.27 bits per heavy atom. The van der Waals surface area contributed by atoms with Crippen LogP contribution in [0.5, 0.6) is 5.75 Å². The zero-order chi connectivity index (χ0) is 15.2. The minimum absolute atomic E-state index is 0.158. The summed E-state index contributed by atoms with van der Waals surface area (Å²) in [6, 6.07) is 3.68. The molecule has 1 aromatic heterocycles. The highest BCUT2D eigenvalue weighted by Crippen LogP contribution is 2.45. The van der Waals surface area contributed by atoms with E-state index in [9.17, 15) is 0 Å². The molecule has 0 amide bonds. The lowest BCUT2D eigenvalue weighted by Gasteiger charge is -2.33. The van der Waals surface area contributed by atoms with E-state index in [1.807, 2.05) is 6.07 Å². The van der Waals surface area contributed by atoms with Crippen LogP contribution in [0.4, 0.5) is 5.95 Å². The molecular weight excluding hydrogens is 306 g/mol. The van der Waals surface area contributed by atoms with E-state index in [-0.39, 0.29) is 11.5 Å². The maximum atomic E-state index is 6.29. The van der Waals surface area contributed by atoms with E-state index in [0.717, 1.165) is 12.1 Å². The normalized spacial score (nSPS) is 23.3. The molecule has 0 aliphatic carbocycles. The SMILES string of the molecule is Nc1ncnc(-c2cc(Cl)cc3c2OCC32COCCN2)n1. The number of morpholine rings is 1. The quantitative estimate of drug-likeness (QED) is 0.809. The number of ether oxygens (including phenoxy) is 2. The Balaban J connectivity index is 1.87. The number of halogens is 1. The molecule has 8 heteroatoms. The summed E-state index contributed by atoms with van der Waals surface area (Å²) in [6.07, 6.45) is 1.37. The third-order valence-electron chi connectivity index (χ3n) is 3.92. The third kappa shape index (κ3) is 2.09. The van der Waals surface area contributed by atoms with Gasteiger partial charge < -0.3 is 20.5 Å². The van der Waals surface area contributed by atoms with Crippen molar-refractivity contribution in [3.8, 4) is 17.1 Å². The molecule has 3 N–H and O–H groups in total. The fraction of sp³-hybridized carbons (Fsp3) is 0.357. The van der Waals surface area contributed by atoms with E-state index in [4.69, 9.17) is 26.8 Å². The van der Waals surface area contributed by atoms with Gasteiger partial charge in [-0.2, -0.15) is 4.98 Å². The number of nitrogen functional groups attached to an aromatic ring is 1. The molecule has 3 heterocycles. The van der Waals surface area contributed by atoms with Crippen LogP contribution in [0.15, 0.2) is 18.5 Å². The first-order valence-corrected chi connectivity index (χ1v) is 7.30. The van der Waals surface area contributed by atoms with E-state index in [2.05, 4.69) is 20.3 Å². The van der Waals surface area contributed by atoms with Crippen molar-refractivity contribution in [2.75, 3.05) is 32.1 Å². The van der Waals surface area contributed by atoms with Crippen molar-refractivity contribution in [3.05, 3.63) is 29.0 Å². The highest BCUT2D eigenvalue weighted by atomic mass is 35.5. The van der Waals surface area contributed by atoms with Gasteiger partial charge in [0.2, 0.25) is 5.95 Å². The standard InChI is InChI=1S/C14H14ClN5O2/c15-8-3-9(12-17-7-18-13(16)20-12)11-10(4-8)14(6-22-11)5-21-2-1-19-14/h3-4,7,19H,1-2,5-6H2,(H2,16,17,18,20). The van der Waals surface area contributed by atoms with Gasteiger partial charge in [0.15, 0.2) is 5.82 Å². The average molecular weight is 320 g/mol. The average Bonchev–Trinajstić information content (AvgIpc) is 2.86. The van der Waals surface area contributed by atoms with Gasteiger partial charge in [-0.05, 0) is 12.1 Å². The van der Waals surface area contributed by atoms with Gasteiger partial charge in [0.25, 0.3) is 0 Å². The van der Waals surface area contributed by atoms with Gasteiger partial charge in [-0.3, -0.25) is 0 Å². The fourth-order valence-electron chi connectivity index (χ4n) is 2.91. The largest absolute Gasteiger partial charge is 0.490 e. The van der Waals surface area contributed by atoms with Crippen LogP contribution < -0.4 is 15.8 Å². The molecule has 2 aliphatic heterocycles. The summed E-state index contributed by atoms with van der Waals surface area (Å²) in [6.45, 7) is 2.48. The van der Waals surface area contributed by atoms with Crippen molar-refractivity contribution in [3.63, 3.8) is 0 Å². The molecule has 1 atom stereocenters. The maximum absolute atomic E-state index is 6.29. The molecule has 1 saturated heterocycles.